The molecule has 1 unspecified atom stereocenters. The van der Waals surface area contributed by atoms with Crippen LogP contribution in [-0.2, 0) is 11.5 Å². The number of aromatic nitrogens is 2. The minimum atomic E-state index is -0.952. The first-order valence-corrected chi connectivity index (χ1v) is 11.2. The van der Waals surface area contributed by atoms with Gasteiger partial charge < -0.3 is 20.2 Å². The quantitative estimate of drug-likeness (QED) is 0.483. The monoisotopic (exact) mass is 458 g/mol. The van der Waals surface area contributed by atoms with Gasteiger partial charge in [-0.05, 0) is 37.3 Å². The fraction of sp³-hybridized carbons (Fsp3) is 0.522. The lowest BCUT2D eigenvalue weighted by molar-refractivity contribution is -0.127. The second kappa shape index (κ2) is 11.0. The third kappa shape index (κ3) is 6.16. The Bertz CT molecular complexity index is 1030. The van der Waals surface area contributed by atoms with E-state index in [1.807, 2.05) is 19.9 Å². The predicted molar refractivity (Wildman–Crippen MR) is 118 cm³/mol. The molecule has 1 fully saturated rings. The van der Waals surface area contributed by atoms with Crippen LogP contribution >= 0.6 is 0 Å². The van der Waals surface area contributed by atoms with Gasteiger partial charge in [0.2, 0.25) is 11.7 Å². The molecule has 2 aromatic rings. The Morgan fingerprint density at radius 3 is 2.52 bits per heavy atom. The lowest BCUT2D eigenvalue weighted by Crippen LogP contribution is -2.52. The van der Waals surface area contributed by atoms with E-state index >= 15 is 0 Å². The van der Waals surface area contributed by atoms with Gasteiger partial charge in [-0.1, -0.05) is 44.9 Å². The highest BCUT2D eigenvalue weighted by molar-refractivity contribution is 5.99. The van der Waals surface area contributed by atoms with Crippen LogP contribution in [0.5, 0.6) is 0 Å². The topological polar surface area (TPSA) is 144 Å². The van der Waals surface area contributed by atoms with Crippen molar-refractivity contribution in [2.75, 3.05) is 0 Å². The highest BCUT2D eigenvalue weighted by Gasteiger charge is 2.35. The molecular formula is C23H30N4O6. The smallest absolute Gasteiger partial charge is 0.384 e. The largest absolute Gasteiger partial charge is 0.439 e. The molecule has 178 valence electrons. The first-order chi connectivity index (χ1) is 15.8. The Morgan fingerprint density at radius 1 is 1.18 bits per heavy atom. The third-order valence-corrected chi connectivity index (χ3v) is 5.75. The van der Waals surface area contributed by atoms with Gasteiger partial charge >= 0.3 is 5.76 Å². The Kier molecular flexibility index (Phi) is 8.16. The number of nitrogens with zero attached hydrogens (tertiary/aromatic N) is 2. The minimum Gasteiger partial charge on any atom is -0.384 e. The van der Waals surface area contributed by atoms with Crippen LogP contribution in [0.15, 0.2) is 39.5 Å². The van der Waals surface area contributed by atoms with E-state index in [1.165, 1.54) is 0 Å². The summed E-state index contributed by atoms with van der Waals surface area (Å²) in [6.07, 6.45) is 3.29. The first-order valence-electron chi connectivity index (χ1n) is 11.2. The normalized spacial score (nSPS) is 19.2. The number of nitrogens with one attached hydrogen (secondary N) is 2. The van der Waals surface area contributed by atoms with Crippen molar-refractivity contribution < 1.29 is 23.9 Å². The summed E-state index contributed by atoms with van der Waals surface area (Å²) in [5.74, 6) is -3.06. The van der Waals surface area contributed by atoms with E-state index in [1.54, 1.807) is 24.3 Å². The predicted octanol–water partition coefficient (Wildman–Crippen LogP) is 1.49. The lowest BCUT2D eigenvalue weighted by Gasteiger charge is -2.32. The van der Waals surface area contributed by atoms with E-state index in [4.69, 9.17) is 9.52 Å². The Balaban J connectivity index is 1.74. The molecule has 0 aliphatic heterocycles. The zero-order chi connectivity index (χ0) is 24.0. The number of aliphatic hydroxyl groups excluding tert-OH is 1. The van der Waals surface area contributed by atoms with Crippen LogP contribution in [0.2, 0.25) is 0 Å². The molecule has 3 rings (SSSR count). The Hall–Kier alpha value is -3.27. The molecule has 33 heavy (non-hydrogen) atoms. The summed E-state index contributed by atoms with van der Waals surface area (Å²) in [4.78, 5) is 50.4. The van der Waals surface area contributed by atoms with Crippen molar-refractivity contribution in [3.63, 3.8) is 0 Å². The third-order valence-electron chi connectivity index (χ3n) is 5.75. The fourth-order valence-electron chi connectivity index (χ4n) is 4.08. The Labute approximate surface area is 191 Å². The van der Waals surface area contributed by atoms with Gasteiger partial charge in [-0.2, -0.15) is 4.68 Å². The number of rotatable bonds is 9. The van der Waals surface area contributed by atoms with Gasteiger partial charge in [-0.25, -0.2) is 4.79 Å². The molecule has 10 nitrogen and oxygen atoms in total. The van der Waals surface area contributed by atoms with Crippen molar-refractivity contribution in [3.8, 4) is 0 Å². The maximum absolute atomic E-state index is 13.2. The second-order valence-corrected chi connectivity index (χ2v) is 8.71. The SMILES string of the molecule is CC(C)CC(NC(=O)[C@H]1CCCC[C@H]1NC(=O)c1ccccc1)C(=O)c1nn(CO)c(=O)o1. The molecule has 1 aromatic carbocycles. The van der Waals surface area contributed by atoms with Crippen molar-refractivity contribution in [1.29, 1.82) is 0 Å². The van der Waals surface area contributed by atoms with Crippen LogP contribution in [0.25, 0.3) is 0 Å². The number of carbonyl (C=O) groups is 3. The first kappa shape index (κ1) is 24.4. The van der Waals surface area contributed by atoms with E-state index in [2.05, 4.69) is 15.7 Å². The highest BCUT2D eigenvalue weighted by Crippen LogP contribution is 2.26. The summed E-state index contributed by atoms with van der Waals surface area (Å²) >= 11 is 0. The molecule has 1 aliphatic rings. The molecule has 3 N–H and O–H groups in total. The van der Waals surface area contributed by atoms with E-state index in [0.717, 1.165) is 12.8 Å². The van der Waals surface area contributed by atoms with Crippen molar-refractivity contribution in [3.05, 3.63) is 52.3 Å². The molecule has 10 heteroatoms. The van der Waals surface area contributed by atoms with Gasteiger partial charge in [0.05, 0.1) is 12.0 Å². The van der Waals surface area contributed by atoms with E-state index in [-0.39, 0.29) is 23.8 Å². The summed E-state index contributed by atoms with van der Waals surface area (Å²) in [6.45, 7) is 3.08. The number of Topliss-reactive ketones (excluding diaryl/α,β-unsaturated/α-hetero) is 1. The van der Waals surface area contributed by atoms with Crippen molar-refractivity contribution in [2.24, 2.45) is 11.8 Å². The zero-order valence-corrected chi connectivity index (χ0v) is 18.8. The van der Waals surface area contributed by atoms with E-state index in [0.29, 0.717) is 29.5 Å². The van der Waals surface area contributed by atoms with Gasteiger partial charge in [-0.15, -0.1) is 5.10 Å². The maximum atomic E-state index is 13.2. The molecule has 3 atom stereocenters. The number of carbonyl (C=O) groups excluding carboxylic acids is 3. The maximum Gasteiger partial charge on any atom is 0.439 e. The van der Waals surface area contributed by atoms with Crippen LogP contribution in [0.4, 0.5) is 0 Å². The number of hydrogen-bond donors (Lipinski definition) is 3. The molecule has 0 spiro atoms. The highest BCUT2D eigenvalue weighted by atomic mass is 16.4. The number of amides is 2. The van der Waals surface area contributed by atoms with Crippen LogP contribution < -0.4 is 16.4 Å². The molecule has 1 heterocycles. The van der Waals surface area contributed by atoms with Crippen LogP contribution in [0.1, 0.15) is 67.0 Å². The molecular weight excluding hydrogens is 428 g/mol. The summed E-state index contributed by atoms with van der Waals surface area (Å²) in [5, 5.41) is 18.6. The average Bonchev–Trinajstić information content (AvgIpc) is 3.19. The van der Waals surface area contributed by atoms with E-state index in [9.17, 15) is 19.2 Å². The molecule has 2 amide bonds. The molecule has 1 aliphatic carbocycles. The zero-order valence-electron chi connectivity index (χ0n) is 18.8. The standard InChI is InChI=1S/C23H30N4O6/c1-14(2)12-18(19(29)22-26-27(13-28)23(32)33-22)25-21(31)16-10-6-7-11-17(16)24-20(30)15-8-4-3-5-9-15/h3-5,8-9,14,16-18,28H,6-7,10-13H2,1-2H3,(H,24,30)(H,25,31)/t16-,17+,18?/m0/s1. The van der Waals surface area contributed by atoms with Crippen molar-refractivity contribution in [2.45, 2.75) is 64.8 Å². The number of aliphatic hydroxyl groups is 1. The van der Waals surface area contributed by atoms with Crippen molar-refractivity contribution in [1.82, 2.24) is 20.4 Å². The van der Waals surface area contributed by atoms with Gasteiger partial charge in [-0.3, -0.25) is 14.4 Å². The lowest BCUT2D eigenvalue weighted by atomic mass is 9.83. The molecule has 0 bridgehead atoms. The summed E-state index contributed by atoms with van der Waals surface area (Å²) in [6, 6.07) is 7.50. The van der Waals surface area contributed by atoms with Gasteiger partial charge in [0.25, 0.3) is 11.8 Å². The molecule has 1 aromatic heterocycles. The van der Waals surface area contributed by atoms with Crippen LogP contribution in [0.3, 0.4) is 0 Å². The number of benzene rings is 1. The summed E-state index contributed by atoms with van der Waals surface area (Å²) in [7, 11) is 0. The van der Waals surface area contributed by atoms with Crippen LogP contribution in [0, 0.1) is 11.8 Å². The van der Waals surface area contributed by atoms with Crippen molar-refractivity contribution >= 4 is 17.6 Å². The minimum absolute atomic E-state index is 0.0610. The van der Waals surface area contributed by atoms with Crippen LogP contribution in [-0.4, -0.2) is 44.6 Å². The number of hydrogen-bond acceptors (Lipinski definition) is 7. The van der Waals surface area contributed by atoms with E-state index < -0.39 is 36.1 Å². The van der Waals surface area contributed by atoms with Gasteiger partial charge in [0.15, 0.2) is 0 Å². The fourth-order valence-corrected chi connectivity index (χ4v) is 4.08. The summed E-state index contributed by atoms with van der Waals surface area (Å²) in [5.41, 5.74) is 0.518. The molecule has 1 saturated carbocycles. The molecule has 0 radical (unpaired) electrons. The average molecular weight is 459 g/mol. The van der Waals surface area contributed by atoms with Gasteiger partial charge in [0.1, 0.15) is 6.73 Å². The second-order valence-electron chi connectivity index (χ2n) is 8.71. The molecule has 0 saturated heterocycles. The Morgan fingerprint density at radius 2 is 1.88 bits per heavy atom. The number of ketones is 1. The summed E-state index contributed by atoms with van der Waals surface area (Å²) < 4.78 is 5.48. The van der Waals surface area contributed by atoms with Gasteiger partial charge in [0, 0.05) is 11.6 Å².